The number of aromatic nitrogens is 3. The van der Waals surface area contributed by atoms with Crippen molar-refractivity contribution in [3.63, 3.8) is 0 Å². The Hall–Kier alpha value is -2.19. The topological polar surface area (TPSA) is 85.1 Å². The predicted octanol–water partition coefficient (Wildman–Crippen LogP) is 4.73. The Bertz CT molecular complexity index is 1040. The Morgan fingerprint density at radius 3 is 2.57 bits per heavy atom. The number of fused-ring (bicyclic) bond motifs is 1. The summed E-state index contributed by atoms with van der Waals surface area (Å²) in [6, 6.07) is 14.0. The third-order valence-corrected chi connectivity index (χ3v) is 6.23. The summed E-state index contributed by atoms with van der Waals surface area (Å²) in [6.45, 7) is 5.10. The summed E-state index contributed by atoms with van der Waals surface area (Å²) in [4.78, 5) is 23.8. The maximum absolute atomic E-state index is 12.7. The summed E-state index contributed by atoms with van der Waals surface area (Å²) in [7, 11) is 0. The van der Waals surface area contributed by atoms with E-state index in [1.807, 2.05) is 47.0 Å². The molecule has 0 saturated heterocycles. The largest absolute Gasteiger partial charge is 0.481 e. The van der Waals surface area contributed by atoms with E-state index in [-0.39, 0.29) is 12.2 Å². The number of ketones is 1. The lowest BCUT2D eigenvalue weighted by atomic mass is 9.97. The molecule has 6 nitrogen and oxygen atoms in total. The summed E-state index contributed by atoms with van der Waals surface area (Å²) >= 11 is 4.73. The van der Waals surface area contributed by atoms with E-state index < -0.39 is 16.6 Å². The van der Waals surface area contributed by atoms with Gasteiger partial charge in [-0.1, -0.05) is 55.1 Å². The lowest BCUT2D eigenvalue weighted by Gasteiger charge is -2.23. The van der Waals surface area contributed by atoms with Crippen LogP contribution in [0.3, 0.4) is 0 Å². The van der Waals surface area contributed by atoms with Crippen molar-refractivity contribution in [1.82, 2.24) is 14.8 Å². The van der Waals surface area contributed by atoms with E-state index in [0.29, 0.717) is 9.89 Å². The molecule has 0 radical (unpaired) electrons. The lowest BCUT2D eigenvalue weighted by molar-refractivity contribution is -0.143. The van der Waals surface area contributed by atoms with Crippen LogP contribution in [0.15, 0.2) is 52.4 Å². The Morgan fingerprint density at radius 1 is 1.18 bits per heavy atom. The average molecular weight is 462 g/mol. The van der Waals surface area contributed by atoms with E-state index >= 15 is 0 Å². The highest BCUT2D eigenvalue weighted by Gasteiger charge is 2.33. The van der Waals surface area contributed by atoms with Crippen LogP contribution in [0.25, 0.3) is 16.5 Å². The molecule has 0 spiro atoms. The molecule has 1 atom stereocenters. The molecule has 0 saturated carbocycles. The molecule has 146 valence electrons. The van der Waals surface area contributed by atoms with Gasteiger partial charge >= 0.3 is 5.97 Å². The van der Waals surface area contributed by atoms with Crippen molar-refractivity contribution in [2.24, 2.45) is 5.92 Å². The molecule has 0 amide bonds. The van der Waals surface area contributed by atoms with E-state index in [4.69, 9.17) is 5.11 Å². The number of halogens is 1. The van der Waals surface area contributed by atoms with Crippen LogP contribution in [0.4, 0.5) is 0 Å². The van der Waals surface area contributed by atoms with Gasteiger partial charge in [-0.15, -0.1) is 10.2 Å². The summed E-state index contributed by atoms with van der Waals surface area (Å²) in [5.74, 6) is -1.85. The molecule has 8 heteroatoms. The smallest absolute Gasteiger partial charge is 0.306 e. The second-order valence-corrected chi connectivity index (χ2v) is 9.36. The zero-order valence-corrected chi connectivity index (χ0v) is 18.1. The summed E-state index contributed by atoms with van der Waals surface area (Å²) in [5.41, 5.74) is 0.902. The van der Waals surface area contributed by atoms with Gasteiger partial charge in [0.2, 0.25) is 4.73 Å². The third kappa shape index (κ3) is 4.12. The molecule has 0 aliphatic carbocycles. The second kappa shape index (κ2) is 8.05. The van der Waals surface area contributed by atoms with Gasteiger partial charge in [0.25, 0.3) is 0 Å². The molecule has 0 fully saturated rings. The monoisotopic (exact) mass is 461 g/mol. The first kappa shape index (κ1) is 20.5. The maximum Gasteiger partial charge on any atom is 0.306 e. The minimum atomic E-state index is -0.976. The summed E-state index contributed by atoms with van der Waals surface area (Å²) < 4.78 is 1.55. The highest BCUT2D eigenvalue weighted by atomic mass is 79.9. The molecule has 0 aliphatic rings. The number of thioether (sulfide) groups is 1. The number of benzene rings is 2. The number of carbonyl (C=O) groups is 2. The molecule has 3 rings (SSSR count). The summed E-state index contributed by atoms with van der Waals surface area (Å²) in [6.07, 6.45) is -0.0289. The van der Waals surface area contributed by atoms with Crippen molar-refractivity contribution < 1.29 is 14.7 Å². The van der Waals surface area contributed by atoms with Crippen LogP contribution in [0.1, 0.15) is 27.2 Å². The number of hydrogen-bond donors (Lipinski definition) is 1. The first-order valence-corrected chi connectivity index (χ1v) is 10.4. The maximum atomic E-state index is 12.7. The van der Waals surface area contributed by atoms with Gasteiger partial charge in [-0.3, -0.25) is 14.2 Å². The number of rotatable bonds is 7. The van der Waals surface area contributed by atoms with Crippen LogP contribution in [-0.2, 0) is 9.59 Å². The van der Waals surface area contributed by atoms with Crippen LogP contribution >= 0.6 is 27.7 Å². The second-order valence-electron chi connectivity index (χ2n) is 7.06. The highest BCUT2D eigenvalue weighted by Crippen LogP contribution is 2.37. The number of aliphatic carboxylic acids is 1. The molecule has 1 heterocycles. The average Bonchev–Trinajstić information content (AvgIpc) is 3.00. The van der Waals surface area contributed by atoms with E-state index in [1.165, 1.54) is 18.7 Å². The molecular weight excluding hydrogens is 442 g/mol. The van der Waals surface area contributed by atoms with Gasteiger partial charge in [0.05, 0.1) is 16.4 Å². The van der Waals surface area contributed by atoms with E-state index in [0.717, 1.165) is 16.5 Å². The van der Waals surface area contributed by atoms with Crippen LogP contribution in [0.5, 0.6) is 0 Å². The van der Waals surface area contributed by atoms with Gasteiger partial charge in [-0.2, -0.15) is 0 Å². The van der Waals surface area contributed by atoms with Crippen LogP contribution in [0, 0.1) is 5.92 Å². The quantitative estimate of drug-likeness (QED) is 0.511. The first-order chi connectivity index (χ1) is 13.2. The predicted molar refractivity (Wildman–Crippen MR) is 113 cm³/mol. The van der Waals surface area contributed by atoms with Gasteiger partial charge < -0.3 is 5.11 Å². The zero-order chi connectivity index (χ0) is 20.5. The molecular formula is C20H20BrN3O3S. The number of hydrogen-bond acceptors (Lipinski definition) is 5. The normalized spacial score (nSPS) is 12.9. The number of nitrogens with zero attached hydrogens (tertiary/aromatic N) is 3. The van der Waals surface area contributed by atoms with Gasteiger partial charge in [-0.05, 0) is 41.2 Å². The van der Waals surface area contributed by atoms with Gasteiger partial charge in [0.15, 0.2) is 5.16 Å². The van der Waals surface area contributed by atoms with Crippen molar-refractivity contribution in [2.75, 3.05) is 0 Å². The number of carboxylic acid groups (broad SMARTS) is 1. The van der Waals surface area contributed by atoms with Gasteiger partial charge in [0, 0.05) is 11.8 Å². The summed E-state index contributed by atoms with van der Waals surface area (Å²) in [5, 5.41) is 20.2. The van der Waals surface area contributed by atoms with Crippen LogP contribution < -0.4 is 0 Å². The van der Waals surface area contributed by atoms with Crippen molar-refractivity contribution in [3.8, 4) is 5.69 Å². The highest BCUT2D eigenvalue weighted by molar-refractivity contribution is 9.10. The molecule has 1 N–H and O–H groups in total. The molecule has 1 unspecified atom stereocenters. The number of carbonyl (C=O) groups excluding carboxylic acids is 1. The molecule has 28 heavy (non-hydrogen) atoms. The van der Waals surface area contributed by atoms with E-state index in [9.17, 15) is 9.59 Å². The molecule has 1 aromatic heterocycles. The number of carboxylic acids is 1. The van der Waals surface area contributed by atoms with E-state index in [1.54, 1.807) is 13.8 Å². The Labute approximate surface area is 175 Å². The van der Waals surface area contributed by atoms with E-state index in [2.05, 4.69) is 26.1 Å². The first-order valence-electron chi connectivity index (χ1n) is 8.75. The molecule has 3 aromatic rings. The van der Waals surface area contributed by atoms with Gasteiger partial charge in [0.1, 0.15) is 5.78 Å². The van der Waals surface area contributed by atoms with Gasteiger partial charge in [-0.25, -0.2) is 0 Å². The fourth-order valence-corrected chi connectivity index (χ4v) is 4.39. The fourth-order valence-electron chi connectivity index (χ4n) is 2.82. The van der Waals surface area contributed by atoms with Crippen molar-refractivity contribution in [3.05, 3.63) is 47.2 Å². The SMILES string of the molecule is CC(CC(=O)C(C)(C)Sc1nnc(Br)n1-c1cccc2ccccc12)C(=O)O. The van der Waals surface area contributed by atoms with Crippen molar-refractivity contribution in [2.45, 2.75) is 37.1 Å². The Morgan fingerprint density at radius 2 is 1.86 bits per heavy atom. The molecule has 0 bridgehead atoms. The van der Waals surface area contributed by atoms with Crippen LogP contribution in [-0.4, -0.2) is 36.4 Å². The van der Waals surface area contributed by atoms with Crippen molar-refractivity contribution >= 4 is 50.2 Å². The standard InChI is InChI=1S/C20H20BrN3O3S/c1-12(17(26)27)11-16(25)20(2,3)28-19-23-22-18(21)24(19)15-10-6-8-13-7-4-5-9-14(13)15/h4-10,12H,11H2,1-3H3,(H,26,27). The van der Waals surface area contributed by atoms with Crippen LogP contribution in [0.2, 0.25) is 0 Å². The minimum Gasteiger partial charge on any atom is -0.481 e. The van der Waals surface area contributed by atoms with Crippen molar-refractivity contribution in [1.29, 1.82) is 0 Å². The molecule has 2 aromatic carbocycles. The third-order valence-electron chi connectivity index (χ3n) is 4.53. The molecule has 0 aliphatic heterocycles. The number of Topliss-reactive ketones (excluding diaryl/α,β-unsaturated/α-hetero) is 1. The Balaban J connectivity index is 1.97. The minimum absolute atomic E-state index is 0.0289. The fraction of sp³-hybridized carbons (Fsp3) is 0.300. The zero-order valence-electron chi connectivity index (χ0n) is 15.7. The Kier molecular flexibility index (Phi) is 5.90. The lowest BCUT2D eigenvalue weighted by Crippen LogP contribution is -2.31.